The molecule has 0 aliphatic rings. The lowest BCUT2D eigenvalue weighted by Gasteiger charge is -2.14. The average Bonchev–Trinajstić information content (AvgIpc) is 2.61. The molecule has 5 nitrogen and oxygen atoms in total. The van der Waals surface area contributed by atoms with E-state index in [0.717, 1.165) is 11.1 Å². The molecule has 1 aromatic carbocycles. The molecule has 0 saturated carbocycles. The summed E-state index contributed by atoms with van der Waals surface area (Å²) in [5.41, 5.74) is -0.841. The predicted molar refractivity (Wildman–Crippen MR) is 99.1 cm³/mol. The predicted octanol–water partition coefficient (Wildman–Crippen LogP) is 5.57. The first-order chi connectivity index (χ1) is 13.1. The summed E-state index contributed by atoms with van der Waals surface area (Å²) >= 11 is 11.6. The lowest BCUT2D eigenvalue weighted by molar-refractivity contribution is -0.142. The number of aromatic nitrogens is 3. The number of nitrogens with one attached hydrogen (secondary N) is 1. The zero-order valence-corrected chi connectivity index (χ0v) is 16.0. The molecular weight excluding hydrogens is 418 g/mol. The number of benzene rings is 1. The number of hydrogen-bond donors (Lipinski definition) is 1. The Hall–Kier alpha value is -2.58. The lowest BCUT2D eigenvalue weighted by atomic mass is 10.1. The first-order valence-electron chi connectivity index (χ1n) is 7.84. The van der Waals surface area contributed by atoms with Crippen LogP contribution >= 0.6 is 23.2 Å². The van der Waals surface area contributed by atoms with Crippen LogP contribution in [0.25, 0.3) is 11.5 Å². The van der Waals surface area contributed by atoms with Gasteiger partial charge in [-0.2, -0.15) is 13.2 Å². The fourth-order valence-electron chi connectivity index (χ4n) is 2.28. The van der Waals surface area contributed by atoms with E-state index in [4.69, 9.17) is 27.9 Å². The van der Waals surface area contributed by atoms with Crippen molar-refractivity contribution in [1.82, 2.24) is 15.0 Å². The highest BCUT2D eigenvalue weighted by molar-refractivity contribution is 6.42. The Balaban J connectivity index is 2.13. The van der Waals surface area contributed by atoms with Gasteiger partial charge in [0.25, 0.3) is 5.56 Å². The van der Waals surface area contributed by atoms with Crippen LogP contribution in [0.3, 0.4) is 0 Å². The second kappa shape index (κ2) is 7.44. The van der Waals surface area contributed by atoms with Crippen molar-refractivity contribution >= 4 is 23.2 Å². The van der Waals surface area contributed by atoms with Crippen molar-refractivity contribution in [1.29, 1.82) is 0 Å². The van der Waals surface area contributed by atoms with E-state index in [9.17, 15) is 18.0 Å². The van der Waals surface area contributed by atoms with Gasteiger partial charge < -0.3 is 9.72 Å². The van der Waals surface area contributed by atoms with E-state index in [1.54, 1.807) is 13.8 Å². The number of aromatic amines is 1. The SMILES string of the molecule is Cc1cnc(-c2nc(C(F)(F)F)c(Oc3ccc(Cl)c(Cl)c3)c(=O)[nH]2)cc1C. The molecule has 3 rings (SSSR count). The molecular formula is C18H12Cl2F3N3O2. The Morgan fingerprint density at radius 1 is 1.07 bits per heavy atom. The molecule has 3 aromatic rings. The van der Waals surface area contributed by atoms with Crippen LogP contribution in [0.15, 0.2) is 35.3 Å². The van der Waals surface area contributed by atoms with E-state index in [0.29, 0.717) is 0 Å². The van der Waals surface area contributed by atoms with E-state index < -0.39 is 23.2 Å². The fourth-order valence-corrected chi connectivity index (χ4v) is 2.57. The van der Waals surface area contributed by atoms with Gasteiger partial charge in [-0.15, -0.1) is 0 Å². The molecule has 0 saturated heterocycles. The Kier molecular flexibility index (Phi) is 5.36. The summed E-state index contributed by atoms with van der Waals surface area (Å²) in [6.07, 6.45) is -3.45. The number of hydrogen-bond acceptors (Lipinski definition) is 4. The van der Waals surface area contributed by atoms with Crippen LogP contribution in [0.5, 0.6) is 11.5 Å². The number of pyridine rings is 1. The van der Waals surface area contributed by atoms with Gasteiger partial charge in [0.2, 0.25) is 5.75 Å². The largest absolute Gasteiger partial charge is 0.449 e. The summed E-state index contributed by atoms with van der Waals surface area (Å²) in [7, 11) is 0. The molecule has 0 atom stereocenters. The summed E-state index contributed by atoms with van der Waals surface area (Å²) in [5.74, 6) is -1.41. The van der Waals surface area contributed by atoms with Gasteiger partial charge in [-0.25, -0.2) is 4.98 Å². The standard InChI is InChI=1S/C18H12Cl2F3N3O2/c1-8-5-13(24-7-9(8)2)16-25-15(18(21,22)23)14(17(27)26-16)28-10-3-4-11(19)12(20)6-10/h3-7H,1-2H3,(H,25,26,27). The van der Waals surface area contributed by atoms with E-state index in [1.165, 1.54) is 30.5 Å². The lowest BCUT2D eigenvalue weighted by Crippen LogP contribution is -2.21. The van der Waals surface area contributed by atoms with Crippen LogP contribution in [-0.2, 0) is 6.18 Å². The smallest absolute Gasteiger partial charge is 0.437 e. The summed E-state index contributed by atoms with van der Waals surface area (Å²) in [4.78, 5) is 22.3. The average molecular weight is 430 g/mol. The molecule has 0 unspecified atom stereocenters. The molecule has 0 radical (unpaired) electrons. The van der Waals surface area contributed by atoms with E-state index in [-0.39, 0.29) is 27.3 Å². The minimum Gasteiger partial charge on any atom is -0.449 e. The number of nitrogens with zero attached hydrogens (tertiary/aromatic N) is 2. The molecule has 0 amide bonds. The third-order valence-corrected chi connectivity index (χ3v) is 4.61. The number of aryl methyl sites for hydroxylation is 2. The molecule has 0 aliphatic carbocycles. The van der Waals surface area contributed by atoms with Gasteiger partial charge in [0.1, 0.15) is 11.4 Å². The maximum absolute atomic E-state index is 13.6. The Bertz CT molecular complexity index is 1110. The van der Waals surface area contributed by atoms with E-state index in [2.05, 4.69) is 15.0 Å². The number of H-pyrrole nitrogens is 1. The molecule has 2 heterocycles. The van der Waals surface area contributed by atoms with E-state index in [1.807, 2.05) is 0 Å². The van der Waals surface area contributed by atoms with Crippen molar-refractivity contribution < 1.29 is 17.9 Å². The van der Waals surface area contributed by atoms with Gasteiger partial charge >= 0.3 is 6.18 Å². The van der Waals surface area contributed by atoms with Gasteiger partial charge in [0.05, 0.1) is 10.0 Å². The number of ether oxygens (including phenoxy) is 1. The quantitative estimate of drug-likeness (QED) is 0.590. The summed E-state index contributed by atoms with van der Waals surface area (Å²) in [5, 5.41) is 0.251. The number of rotatable bonds is 3. The monoisotopic (exact) mass is 429 g/mol. The molecule has 10 heteroatoms. The molecule has 0 bridgehead atoms. The molecule has 2 aromatic heterocycles. The van der Waals surface area contributed by atoms with Crippen LogP contribution in [0.2, 0.25) is 10.0 Å². The minimum atomic E-state index is -4.94. The molecule has 1 N–H and O–H groups in total. The Morgan fingerprint density at radius 3 is 2.39 bits per heavy atom. The highest BCUT2D eigenvalue weighted by Crippen LogP contribution is 2.36. The van der Waals surface area contributed by atoms with Crippen molar-refractivity contribution in [2.45, 2.75) is 20.0 Å². The summed E-state index contributed by atoms with van der Waals surface area (Å²) in [6.45, 7) is 3.57. The molecule has 146 valence electrons. The van der Waals surface area contributed by atoms with E-state index >= 15 is 0 Å². The van der Waals surface area contributed by atoms with Gasteiger partial charge in [-0.05, 0) is 43.2 Å². The summed E-state index contributed by atoms with van der Waals surface area (Å²) < 4.78 is 45.8. The second-order valence-corrected chi connectivity index (χ2v) is 6.74. The highest BCUT2D eigenvalue weighted by atomic mass is 35.5. The maximum Gasteiger partial charge on any atom is 0.437 e. The van der Waals surface area contributed by atoms with Crippen LogP contribution < -0.4 is 10.3 Å². The van der Waals surface area contributed by atoms with Crippen LogP contribution in [0, 0.1) is 13.8 Å². The van der Waals surface area contributed by atoms with Crippen molar-refractivity contribution in [2.24, 2.45) is 0 Å². The third-order valence-electron chi connectivity index (χ3n) is 3.87. The van der Waals surface area contributed by atoms with Crippen LogP contribution in [0.4, 0.5) is 13.2 Å². The number of alkyl halides is 3. The van der Waals surface area contributed by atoms with Gasteiger partial charge in [0, 0.05) is 12.3 Å². The van der Waals surface area contributed by atoms with Crippen molar-refractivity contribution in [3.8, 4) is 23.0 Å². The molecule has 0 spiro atoms. The zero-order valence-electron chi connectivity index (χ0n) is 14.5. The van der Waals surface area contributed by atoms with Crippen LogP contribution in [0.1, 0.15) is 16.8 Å². The Morgan fingerprint density at radius 2 is 1.79 bits per heavy atom. The van der Waals surface area contributed by atoms with Crippen LogP contribution in [-0.4, -0.2) is 15.0 Å². The van der Waals surface area contributed by atoms with Crippen molar-refractivity contribution in [3.05, 3.63) is 67.7 Å². The maximum atomic E-state index is 13.6. The second-order valence-electron chi connectivity index (χ2n) is 5.92. The first-order valence-corrected chi connectivity index (χ1v) is 8.60. The zero-order chi connectivity index (χ0) is 20.6. The van der Waals surface area contributed by atoms with Gasteiger partial charge in [-0.3, -0.25) is 9.78 Å². The first kappa shape index (κ1) is 20.2. The summed E-state index contributed by atoms with van der Waals surface area (Å²) in [6, 6.07) is 5.35. The van der Waals surface area contributed by atoms with Gasteiger partial charge in [0.15, 0.2) is 11.5 Å². The molecule has 28 heavy (non-hydrogen) atoms. The molecule has 0 aliphatic heterocycles. The Labute approximate surface area is 167 Å². The van der Waals surface area contributed by atoms with Crippen molar-refractivity contribution in [3.63, 3.8) is 0 Å². The van der Waals surface area contributed by atoms with Gasteiger partial charge in [-0.1, -0.05) is 23.2 Å². The van der Waals surface area contributed by atoms with Crippen molar-refractivity contribution in [2.75, 3.05) is 0 Å². The highest BCUT2D eigenvalue weighted by Gasteiger charge is 2.39. The third kappa shape index (κ3) is 4.13. The number of halogens is 5. The fraction of sp³-hybridized carbons (Fsp3) is 0.167. The minimum absolute atomic E-state index is 0.0630. The normalized spacial score (nSPS) is 11.5. The molecule has 0 fully saturated rings. The topological polar surface area (TPSA) is 67.9 Å².